The molecule has 3 aromatic rings. The number of benzene rings is 2. The Hall–Kier alpha value is -4.15. The smallest absolute Gasteiger partial charge is 0.416 e. The summed E-state index contributed by atoms with van der Waals surface area (Å²) in [5.41, 5.74) is -0.761. The second kappa shape index (κ2) is 11.3. The van der Waals surface area contributed by atoms with Gasteiger partial charge in [0.15, 0.2) is 11.4 Å². The van der Waals surface area contributed by atoms with Crippen LogP contribution in [-0.2, 0) is 11.0 Å². The fourth-order valence-electron chi connectivity index (χ4n) is 3.71. The van der Waals surface area contributed by atoms with Gasteiger partial charge in [0.25, 0.3) is 5.91 Å². The molecule has 0 spiro atoms. The maximum Gasteiger partial charge on any atom is 0.416 e. The predicted octanol–water partition coefficient (Wildman–Crippen LogP) is 5.48. The molecule has 1 heterocycles. The number of carbonyl (C=O) groups is 2. The second-order valence-corrected chi connectivity index (χ2v) is 9.69. The van der Waals surface area contributed by atoms with Gasteiger partial charge in [-0.3, -0.25) is 4.79 Å². The third-order valence-corrected chi connectivity index (χ3v) is 6.07. The zero-order chi connectivity index (χ0) is 28.2. The van der Waals surface area contributed by atoms with Gasteiger partial charge >= 0.3 is 12.1 Å². The number of halogens is 3. The van der Waals surface area contributed by atoms with E-state index in [1.165, 1.54) is 32.2 Å². The number of hydrogen-bond acceptors (Lipinski definition) is 6. The van der Waals surface area contributed by atoms with Crippen LogP contribution < -0.4 is 14.8 Å². The number of aromatic nitrogens is 2. The number of nitrogens with one attached hydrogen (secondary N) is 1. The van der Waals surface area contributed by atoms with Gasteiger partial charge in [-0.1, -0.05) is 18.2 Å². The summed E-state index contributed by atoms with van der Waals surface area (Å²) in [7, 11) is 0. The van der Waals surface area contributed by atoms with E-state index in [4.69, 9.17) is 9.47 Å². The third-order valence-electron chi connectivity index (χ3n) is 6.07. The zero-order valence-corrected chi connectivity index (χ0v) is 21.4. The number of carboxylic acids is 1. The van der Waals surface area contributed by atoms with Gasteiger partial charge in [-0.05, 0) is 57.4 Å². The van der Waals surface area contributed by atoms with E-state index in [9.17, 15) is 27.9 Å². The van der Waals surface area contributed by atoms with Crippen molar-refractivity contribution in [2.75, 3.05) is 13.2 Å². The SMILES string of the molecule is CC(C)(Oc1cccc(OCCCNC(=O)c2cnc(-c3ccc(C(F)(F)F)cc3)nc2C2CC2)c1)C(=O)O. The quantitative estimate of drug-likeness (QED) is 0.308. The Morgan fingerprint density at radius 3 is 2.41 bits per heavy atom. The molecule has 2 aromatic carbocycles. The number of hydrogen-bond donors (Lipinski definition) is 2. The summed E-state index contributed by atoms with van der Waals surface area (Å²) >= 11 is 0. The van der Waals surface area contributed by atoms with Crippen molar-refractivity contribution in [3.8, 4) is 22.9 Å². The van der Waals surface area contributed by atoms with Crippen LogP contribution in [0, 0.1) is 0 Å². The molecular weight excluding hydrogens is 515 g/mol. The van der Waals surface area contributed by atoms with Gasteiger partial charge in [0.1, 0.15) is 11.5 Å². The van der Waals surface area contributed by atoms with E-state index in [1.807, 2.05) is 0 Å². The van der Waals surface area contributed by atoms with Gasteiger partial charge in [0.05, 0.1) is 23.4 Å². The Balaban J connectivity index is 1.31. The number of ether oxygens (including phenoxy) is 2. The Morgan fingerprint density at radius 2 is 1.77 bits per heavy atom. The molecule has 1 aliphatic rings. The highest BCUT2D eigenvalue weighted by Crippen LogP contribution is 2.41. The first kappa shape index (κ1) is 27.9. The first-order valence-electron chi connectivity index (χ1n) is 12.4. The van der Waals surface area contributed by atoms with Gasteiger partial charge in [0.2, 0.25) is 0 Å². The van der Waals surface area contributed by atoms with Gasteiger partial charge in [-0.15, -0.1) is 0 Å². The van der Waals surface area contributed by atoms with Crippen molar-refractivity contribution in [1.82, 2.24) is 15.3 Å². The lowest BCUT2D eigenvalue weighted by molar-refractivity contribution is -0.152. The first-order valence-corrected chi connectivity index (χ1v) is 12.4. The topological polar surface area (TPSA) is 111 Å². The fourth-order valence-corrected chi connectivity index (χ4v) is 3.71. The van der Waals surface area contributed by atoms with E-state index in [0.29, 0.717) is 47.9 Å². The number of rotatable bonds is 11. The summed E-state index contributed by atoms with van der Waals surface area (Å²) in [6, 6.07) is 11.3. The van der Waals surface area contributed by atoms with Crippen molar-refractivity contribution >= 4 is 11.9 Å². The summed E-state index contributed by atoms with van der Waals surface area (Å²) < 4.78 is 49.8. The number of carboxylic acid groups (broad SMARTS) is 1. The molecule has 0 atom stereocenters. The molecular formula is C28H28F3N3O5. The Labute approximate surface area is 223 Å². The van der Waals surface area contributed by atoms with Crippen molar-refractivity contribution in [2.24, 2.45) is 0 Å². The molecule has 0 unspecified atom stereocenters. The van der Waals surface area contributed by atoms with Gasteiger partial charge < -0.3 is 19.9 Å². The normalized spacial score (nSPS) is 13.6. The van der Waals surface area contributed by atoms with E-state index >= 15 is 0 Å². The zero-order valence-electron chi connectivity index (χ0n) is 21.4. The maximum absolute atomic E-state index is 12.9. The van der Waals surface area contributed by atoms with Crippen LogP contribution >= 0.6 is 0 Å². The Morgan fingerprint density at radius 1 is 1.08 bits per heavy atom. The average Bonchev–Trinajstić information content (AvgIpc) is 3.73. The molecule has 39 heavy (non-hydrogen) atoms. The molecule has 206 valence electrons. The summed E-state index contributed by atoms with van der Waals surface area (Å²) in [5.74, 6) is -0.167. The van der Waals surface area contributed by atoms with Crippen LogP contribution in [0.25, 0.3) is 11.4 Å². The summed E-state index contributed by atoms with van der Waals surface area (Å²) in [6.07, 6.45) is -0.749. The van der Waals surface area contributed by atoms with Crippen LogP contribution in [-0.4, -0.2) is 45.7 Å². The monoisotopic (exact) mass is 543 g/mol. The molecule has 2 N–H and O–H groups in total. The predicted molar refractivity (Wildman–Crippen MR) is 136 cm³/mol. The minimum atomic E-state index is -4.43. The molecule has 8 nitrogen and oxygen atoms in total. The molecule has 1 aromatic heterocycles. The number of carbonyl (C=O) groups excluding carboxylic acids is 1. The molecule has 11 heteroatoms. The van der Waals surface area contributed by atoms with Crippen LogP contribution in [0.1, 0.15) is 60.6 Å². The summed E-state index contributed by atoms with van der Waals surface area (Å²) in [5, 5.41) is 12.0. The highest BCUT2D eigenvalue weighted by Gasteiger charge is 2.32. The van der Waals surface area contributed by atoms with Crippen molar-refractivity contribution in [3.05, 3.63) is 71.5 Å². The third kappa shape index (κ3) is 7.24. The Bertz CT molecular complexity index is 1340. The number of nitrogens with zero attached hydrogens (tertiary/aromatic N) is 2. The highest BCUT2D eigenvalue weighted by molar-refractivity contribution is 5.95. The minimum Gasteiger partial charge on any atom is -0.493 e. The molecule has 0 saturated heterocycles. The van der Waals surface area contributed by atoms with Gasteiger partial charge in [-0.25, -0.2) is 14.8 Å². The minimum absolute atomic E-state index is 0.117. The van der Waals surface area contributed by atoms with Crippen LogP contribution in [0.3, 0.4) is 0 Å². The fraction of sp³-hybridized carbons (Fsp3) is 0.357. The molecule has 0 bridgehead atoms. The maximum atomic E-state index is 12.9. The molecule has 1 saturated carbocycles. The Kier molecular flexibility index (Phi) is 8.08. The standard InChI is InChI=1S/C28H28F3N3O5/c1-27(2,26(36)37)39-21-6-3-5-20(15-21)38-14-4-13-32-25(35)22-16-33-24(34-23(22)17-7-8-17)18-9-11-19(12-10-18)28(29,30)31/h3,5-6,9-12,15-17H,4,7-8,13-14H2,1-2H3,(H,32,35)(H,36,37). The van der Waals surface area contributed by atoms with Crippen LogP contribution in [0.5, 0.6) is 11.5 Å². The summed E-state index contributed by atoms with van der Waals surface area (Å²) in [6.45, 7) is 3.53. The lowest BCUT2D eigenvalue weighted by atomic mass is 10.1. The van der Waals surface area contributed by atoms with Crippen LogP contribution in [0.4, 0.5) is 13.2 Å². The van der Waals surface area contributed by atoms with E-state index in [-0.39, 0.29) is 17.6 Å². The average molecular weight is 544 g/mol. The summed E-state index contributed by atoms with van der Waals surface area (Å²) in [4.78, 5) is 32.9. The number of aliphatic carboxylic acids is 1. The molecule has 0 aliphatic heterocycles. The molecule has 1 aliphatic carbocycles. The first-order chi connectivity index (χ1) is 18.4. The van der Waals surface area contributed by atoms with E-state index in [0.717, 1.165) is 25.0 Å². The number of amides is 1. The van der Waals surface area contributed by atoms with Crippen molar-refractivity contribution in [1.29, 1.82) is 0 Å². The van der Waals surface area contributed by atoms with E-state index in [2.05, 4.69) is 15.3 Å². The molecule has 0 radical (unpaired) electrons. The van der Waals surface area contributed by atoms with E-state index < -0.39 is 23.3 Å². The number of alkyl halides is 3. The van der Waals surface area contributed by atoms with Crippen LogP contribution in [0.2, 0.25) is 0 Å². The van der Waals surface area contributed by atoms with Crippen molar-refractivity contribution < 1.29 is 37.3 Å². The van der Waals surface area contributed by atoms with Gasteiger partial charge in [-0.2, -0.15) is 13.2 Å². The lowest BCUT2D eigenvalue weighted by Crippen LogP contribution is -2.37. The van der Waals surface area contributed by atoms with Crippen molar-refractivity contribution in [2.45, 2.75) is 50.8 Å². The van der Waals surface area contributed by atoms with E-state index in [1.54, 1.807) is 24.3 Å². The highest BCUT2D eigenvalue weighted by atomic mass is 19.4. The lowest BCUT2D eigenvalue weighted by Gasteiger charge is -2.21. The molecule has 4 rings (SSSR count). The van der Waals surface area contributed by atoms with Crippen molar-refractivity contribution in [3.63, 3.8) is 0 Å². The van der Waals surface area contributed by atoms with Gasteiger partial charge in [0, 0.05) is 30.3 Å². The molecule has 1 amide bonds. The largest absolute Gasteiger partial charge is 0.493 e. The van der Waals surface area contributed by atoms with Crippen LogP contribution in [0.15, 0.2) is 54.7 Å². The molecule has 1 fully saturated rings. The second-order valence-electron chi connectivity index (χ2n) is 9.69.